The Bertz CT molecular complexity index is 638. The Labute approximate surface area is 124 Å². The number of ketones is 1. The molecule has 0 fully saturated rings. The highest BCUT2D eigenvalue weighted by Crippen LogP contribution is 2.24. The van der Waals surface area contributed by atoms with E-state index in [1.54, 1.807) is 17.5 Å². The summed E-state index contributed by atoms with van der Waals surface area (Å²) in [5.74, 6) is 0.0392. The number of carbonyl (C=O) groups is 1. The monoisotopic (exact) mass is 288 g/mol. The molecule has 0 aliphatic carbocycles. The number of aromatic nitrogens is 2. The van der Waals surface area contributed by atoms with Gasteiger partial charge in [0, 0.05) is 17.0 Å². The van der Waals surface area contributed by atoms with Gasteiger partial charge in [0.05, 0.1) is 12.1 Å². The molecule has 2 aromatic heterocycles. The number of thiazole rings is 1. The Hall–Kier alpha value is -1.55. The Morgan fingerprint density at radius 1 is 1.30 bits per heavy atom. The number of nitrogens with zero attached hydrogens (tertiary/aromatic N) is 2. The summed E-state index contributed by atoms with van der Waals surface area (Å²) in [4.78, 5) is 21.1. The van der Waals surface area contributed by atoms with Gasteiger partial charge in [0.15, 0.2) is 5.78 Å². The maximum atomic E-state index is 12.3. The lowest BCUT2D eigenvalue weighted by molar-refractivity contribution is 0.0987. The van der Waals surface area contributed by atoms with Crippen LogP contribution in [-0.2, 0) is 11.8 Å². The molecular formula is C16H20N2OS. The van der Waals surface area contributed by atoms with Gasteiger partial charge in [0.2, 0.25) is 0 Å². The number of aryl methyl sites for hydroxylation is 2. The smallest absolute Gasteiger partial charge is 0.188 e. The quantitative estimate of drug-likeness (QED) is 0.805. The molecule has 0 amide bonds. The second-order valence-corrected chi connectivity index (χ2v) is 7.10. The molecule has 106 valence electrons. The number of Topliss-reactive ketones (excluding diaryl/α,β-unsaturated/α-hetero) is 1. The van der Waals surface area contributed by atoms with Crippen LogP contribution in [0.1, 0.15) is 53.1 Å². The van der Waals surface area contributed by atoms with Crippen LogP contribution in [0.4, 0.5) is 0 Å². The molecule has 3 nitrogen and oxygen atoms in total. The van der Waals surface area contributed by atoms with Gasteiger partial charge in [0.1, 0.15) is 10.7 Å². The molecule has 2 heterocycles. The average molecular weight is 288 g/mol. The van der Waals surface area contributed by atoms with Gasteiger partial charge < -0.3 is 0 Å². The molecule has 0 bridgehead atoms. The predicted octanol–water partition coefficient (Wildman–Crippen LogP) is 3.88. The largest absolute Gasteiger partial charge is 0.292 e. The molecule has 2 aromatic rings. The molecule has 4 heteroatoms. The third kappa shape index (κ3) is 3.31. The normalized spacial score (nSPS) is 11.7. The molecule has 0 unspecified atom stereocenters. The van der Waals surface area contributed by atoms with Gasteiger partial charge in [-0.15, -0.1) is 11.3 Å². The third-order valence-corrected chi connectivity index (χ3v) is 3.96. The first-order chi connectivity index (χ1) is 9.27. The molecule has 0 N–H and O–H groups in total. The zero-order valence-electron chi connectivity index (χ0n) is 12.7. The third-order valence-electron chi connectivity index (χ3n) is 3.11. The van der Waals surface area contributed by atoms with Crippen LogP contribution in [0.5, 0.6) is 0 Å². The lowest BCUT2D eigenvalue weighted by atomic mass is 9.93. The minimum absolute atomic E-state index is 0.0236. The highest BCUT2D eigenvalue weighted by atomic mass is 32.1. The Balaban J connectivity index is 2.17. The summed E-state index contributed by atoms with van der Waals surface area (Å²) in [5.41, 5.74) is 3.63. The van der Waals surface area contributed by atoms with Crippen molar-refractivity contribution in [1.82, 2.24) is 9.97 Å². The molecule has 0 saturated carbocycles. The van der Waals surface area contributed by atoms with Crippen molar-refractivity contribution < 1.29 is 4.79 Å². The second-order valence-electron chi connectivity index (χ2n) is 6.15. The number of pyridine rings is 1. The maximum Gasteiger partial charge on any atom is 0.188 e. The Morgan fingerprint density at radius 3 is 2.55 bits per heavy atom. The van der Waals surface area contributed by atoms with E-state index in [1.807, 2.05) is 25.3 Å². The van der Waals surface area contributed by atoms with Gasteiger partial charge in [-0.3, -0.25) is 9.78 Å². The van der Waals surface area contributed by atoms with E-state index in [2.05, 4.69) is 30.7 Å². The summed E-state index contributed by atoms with van der Waals surface area (Å²) in [6.07, 6.45) is 2.07. The van der Waals surface area contributed by atoms with Crippen molar-refractivity contribution in [2.45, 2.75) is 46.5 Å². The molecule has 0 atom stereocenters. The fourth-order valence-corrected chi connectivity index (χ4v) is 2.98. The van der Waals surface area contributed by atoms with Crippen LogP contribution in [0, 0.1) is 13.8 Å². The molecule has 20 heavy (non-hydrogen) atoms. The number of rotatable bonds is 3. The van der Waals surface area contributed by atoms with Crippen molar-refractivity contribution in [3.05, 3.63) is 45.2 Å². The summed E-state index contributed by atoms with van der Waals surface area (Å²) in [7, 11) is 0. The first-order valence-corrected chi connectivity index (χ1v) is 7.56. The zero-order valence-corrected chi connectivity index (χ0v) is 13.5. The summed E-state index contributed by atoms with van der Waals surface area (Å²) < 4.78 is 0. The summed E-state index contributed by atoms with van der Waals surface area (Å²) in [6.45, 7) is 10.3. The van der Waals surface area contributed by atoms with Crippen LogP contribution in [0.2, 0.25) is 0 Å². The number of hydrogen-bond acceptors (Lipinski definition) is 4. The van der Waals surface area contributed by atoms with Crippen LogP contribution in [0.3, 0.4) is 0 Å². The van der Waals surface area contributed by atoms with Crippen molar-refractivity contribution in [1.29, 1.82) is 0 Å². The SMILES string of the molecule is Cc1cnc(C(=O)Cc2nc(C(C)(C)C)cs2)c(C)c1. The van der Waals surface area contributed by atoms with E-state index in [0.29, 0.717) is 12.1 Å². The van der Waals surface area contributed by atoms with Crippen molar-refractivity contribution in [2.24, 2.45) is 0 Å². The van der Waals surface area contributed by atoms with E-state index >= 15 is 0 Å². The van der Waals surface area contributed by atoms with Crippen LogP contribution in [-0.4, -0.2) is 15.8 Å². The van der Waals surface area contributed by atoms with E-state index < -0.39 is 0 Å². The highest BCUT2D eigenvalue weighted by Gasteiger charge is 2.19. The summed E-state index contributed by atoms with van der Waals surface area (Å²) in [5, 5.41) is 2.90. The second kappa shape index (κ2) is 5.44. The molecule has 0 spiro atoms. The van der Waals surface area contributed by atoms with Crippen molar-refractivity contribution in [3.63, 3.8) is 0 Å². The van der Waals surface area contributed by atoms with E-state index in [0.717, 1.165) is 21.8 Å². The predicted molar refractivity (Wildman–Crippen MR) is 82.6 cm³/mol. The van der Waals surface area contributed by atoms with Crippen LogP contribution < -0.4 is 0 Å². The van der Waals surface area contributed by atoms with Crippen LogP contribution >= 0.6 is 11.3 Å². The molecular weight excluding hydrogens is 268 g/mol. The van der Waals surface area contributed by atoms with Gasteiger partial charge in [-0.2, -0.15) is 0 Å². The zero-order chi connectivity index (χ0) is 14.9. The topological polar surface area (TPSA) is 42.9 Å². The van der Waals surface area contributed by atoms with E-state index in [-0.39, 0.29) is 11.2 Å². The molecule has 0 aromatic carbocycles. The fourth-order valence-electron chi connectivity index (χ4n) is 1.96. The fraction of sp³-hybridized carbons (Fsp3) is 0.438. The first-order valence-electron chi connectivity index (χ1n) is 6.68. The molecule has 0 radical (unpaired) electrons. The van der Waals surface area contributed by atoms with Crippen molar-refractivity contribution >= 4 is 17.1 Å². The lowest BCUT2D eigenvalue weighted by Gasteiger charge is -2.14. The van der Waals surface area contributed by atoms with Gasteiger partial charge >= 0.3 is 0 Å². The number of hydrogen-bond donors (Lipinski definition) is 0. The van der Waals surface area contributed by atoms with Crippen LogP contribution in [0.15, 0.2) is 17.6 Å². The standard InChI is InChI=1S/C16H20N2OS/c1-10-6-11(2)15(17-8-10)12(19)7-14-18-13(9-20-14)16(3,4)5/h6,8-9H,7H2,1-5H3. The summed E-state index contributed by atoms with van der Waals surface area (Å²) in [6, 6.07) is 1.99. The number of carbonyl (C=O) groups excluding carboxylic acids is 1. The van der Waals surface area contributed by atoms with Crippen molar-refractivity contribution in [3.8, 4) is 0 Å². The molecule has 0 aliphatic heterocycles. The van der Waals surface area contributed by atoms with Gasteiger partial charge in [0.25, 0.3) is 0 Å². The van der Waals surface area contributed by atoms with Crippen LogP contribution in [0.25, 0.3) is 0 Å². The van der Waals surface area contributed by atoms with Gasteiger partial charge in [-0.1, -0.05) is 26.8 Å². The molecule has 2 rings (SSSR count). The van der Waals surface area contributed by atoms with E-state index in [1.165, 1.54) is 0 Å². The Kier molecular flexibility index (Phi) is 4.04. The average Bonchev–Trinajstić information content (AvgIpc) is 2.76. The van der Waals surface area contributed by atoms with E-state index in [4.69, 9.17) is 0 Å². The molecule has 0 saturated heterocycles. The lowest BCUT2D eigenvalue weighted by Crippen LogP contribution is -2.12. The highest BCUT2D eigenvalue weighted by molar-refractivity contribution is 7.09. The Morgan fingerprint density at radius 2 is 2.00 bits per heavy atom. The first kappa shape index (κ1) is 14.9. The maximum absolute atomic E-state index is 12.3. The minimum Gasteiger partial charge on any atom is -0.292 e. The van der Waals surface area contributed by atoms with E-state index in [9.17, 15) is 4.79 Å². The summed E-state index contributed by atoms with van der Waals surface area (Å²) >= 11 is 1.55. The van der Waals surface area contributed by atoms with Crippen molar-refractivity contribution in [2.75, 3.05) is 0 Å². The van der Waals surface area contributed by atoms with Gasteiger partial charge in [-0.25, -0.2) is 4.98 Å². The molecule has 0 aliphatic rings. The van der Waals surface area contributed by atoms with Gasteiger partial charge in [-0.05, 0) is 25.0 Å². The minimum atomic E-state index is 0.0236.